The second-order valence-corrected chi connectivity index (χ2v) is 5.65. The Hall–Kier alpha value is -0.910. The summed E-state index contributed by atoms with van der Waals surface area (Å²) in [6.45, 7) is 5.19. The van der Waals surface area contributed by atoms with Crippen molar-refractivity contribution in [3.8, 4) is 0 Å². The molecule has 5 heteroatoms. The maximum absolute atomic E-state index is 6.04. The summed E-state index contributed by atoms with van der Waals surface area (Å²) in [7, 11) is 0. The lowest BCUT2D eigenvalue weighted by Crippen LogP contribution is -2.49. The van der Waals surface area contributed by atoms with Crippen molar-refractivity contribution in [1.82, 2.24) is 10.5 Å². The molecular formula is C14H22N2O3. The van der Waals surface area contributed by atoms with Gasteiger partial charge in [0.2, 0.25) is 0 Å². The predicted molar refractivity (Wildman–Crippen MR) is 69.8 cm³/mol. The van der Waals surface area contributed by atoms with Crippen molar-refractivity contribution in [3.05, 3.63) is 17.5 Å². The van der Waals surface area contributed by atoms with Crippen molar-refractivity contribution < 1.29 is 14.0 Å². The Labute approximate surface area is 113 Å². The monoisotopic (exact) mass is 266 g/mol. The topological polar surface area (TPSA) is 56.5 Å². The molecule has 2 saturated heterocycles. The first-order valence-corrected chi connectivity index (χ1v) is 7.13. The zero-order chi connectivity index (χ0) is 13.1. The molecule has 0 radical (unpaired) electrons. The molecular weight excluding hydrogens is 244 g/mol. The van der Waals surface area contributed by atoms with E-state index in [1.807, 2.05) is 13.0 Å². The third-order valence-corrected chi connectivity index (χ3v) is 4.14. The second-order valence-electron chi connectivity index (χ2n) is 5.65. The molecule has 0 bridgehead atoms. The minimum atomic E-state index is 0.0471. The summed E-state index contributed by atoms with van der Waals surface area (Å²) in [4.78, 5) is 0. The van der Waals surface area contributed by atoms with E-state index < -0.39 is 0 Å². The van der Waals surface area contributed by atoms with E-state index in [1.165, 1.54) is 0 Å². The number of ether oxygens (including phenoxy) is 2. The number of nitrogens with one attached hydrogen (secondary N) is 1. The molecule has 1 aromatic heterocycles. The summed E-state index contributed by atoms with van der Waals surface area (Å²) in [5.41, 5.74) is 0.982. The Morgan fingerprint density at radius 1 is 1.37 bits per heavy atom. The molecule has 1 spiro atoms. The van der Waals surface area contributed by atoms with Crippen LogP contribution in [0.5, 0.6) is 0 Å². The number of hydrogen-bond acceptors (Lipinski definition) is 5. The molecule has 3 heterocycles. The van der Waals surface area contributed by atoms with Gasteiger partial charge in [0, 0.05) is 31.9 Å². The molecule has 19 heavy (non-hydrogen) atoms. The van der Waals surface area contributed by atoms with Gasteiger partial charge < -0.3 is 19.3 Å². The highest BCUT2D eigenvalue weighted by Crippen LogP contribution is 2.34. The zero-order valence-corrected chi connectivity index (χ0v) is 11.5. The largest absolute Gasteiger partial charge is 0.381 e. The third kappa shape index (κ3) is 3.16. The van der Waals surface area contributed by atoms with Crippen LogP contribution in [0.3, 0.4) is 0 Å². The van der Waals surface area contributed by atoms with Crippen molar-refractivity contribution in [1.29, 1.82) is 0 Å². The van der Waals surface area contributed by atoms with Crippen molar-refractivity contribution >= 4 is 0 Å². The summed E-state index contributed by atoms with van der Waals surface area (Å²) in [6, 6.07) is 2.48. The van der Waals surface area contributed by atoms with Gasteiger partial charge in [0.15, 0.2) is 5.76 Å². The Balaban J connectivity index is 1.53. The van der Waals surface area contributed by atoms with E-state index in [9.17, 15) is 0 Å². The molecule has 2 aliphatic rings. The molecule has 106 valence electrons. The molecule has 0 amide bonds. The number of rotatable bonds is 3. The average Bonchev–Trinajstić information content (AvgIpc) is 2.83. The second kappa shape index (κ2) is 5.61. The van der Waals surface area contributed by atoms with E-state index in [4.69, 9.17) is 14.0 Å². The average molecular weight is 266 g/mol. The first-order chi connectivity index (χ1) is 9.26. The lowest BCUT2D eigenvalue weighted by atomic mass is 9.84. The first-order valence-electron chi connectivity index (χ1n) is 7.13. The smallest absolute Gasteiger partial charge is 0.150 e. The van der Waals surface area contributed by atoms with Crippen LogP contribution in [0.15, 0.2) is 10.6 Å². The number of nitrogens with zero attached hydrogens (tertiary/aromatic N) is 1. The summed E-state index contributed by atoms with van der Waals surface area (Å²) >= 11 is 0. The van der Waals surface area contributed by atoms with Crippen LogP contribution in [0.2, 0.25) is 0 Å². The van der Waals surface area contributed by atoms with Crippen LogP contribution >= 0.6 is 0 Å². The van der Waals surface area contributed by atoms with E-state index in [-0.39, 0.29) is 5.60 Å². The Morgan fingerprint density at radius 2 is 2.21 bits per heavy atom. The van der Waals surface area contributed by atoms with Gasteiger partial charge in [0.1, 0.15) is 0 Å². The van der Waals surface area contributed by atoms with Crippen molar-refractivity contribution in [2.24, 2.45) is 0 Å². The van der Waals surface area contributed by atoms with Crippen LogP contribution in [0.25, 0.3) is 0 Å². The van der Waals surface area contributed by atoms with Gasteiger partial charge in [-0.25, -0.2) is 0 Å². The molecule has 1 atom stereocenters. The maximum atomic E-state index is 6.04. The summed E-state index contributed by atoms with van der Waals surface area (Å²) in [5.74, 6) is 0.907. The number of hydrogen-bond donors (Lipinski definition) is 1. The molecule has 1 N–H and O–H groups in total. The van der Waals surface area contributed by atoms with Crippen molar-refractivity contribution in [2.75, 3.05) is 19.8 Å². The van der Waals surface area contributed by atoms with E-state index in [0.29, 0.717) is 6.04 Å². The van der Waals surface area contributed by atoms with E-state index in [0.717, 1.165) is 63.5 Å². The van der Waals surface area contributed by atoms with Crippen LogP contribution in [0.4, 0.5) is 0 Å². The maximum Gasteiger partial charge on any atom is 0.150 e. The fraction of sp³-hybridized carbons (Fsp3) is 0.786. The van der Waals surface area contributed by atoms with E-state index in [1.54, 1.807) is 0 Å². The van der Waals surface area contributed by atoms with Gasteiger partial charge in [0.05, 0.1) is 17.8 Å². The molecule has 0 aliphatic carbocycles. The van der Waals surface area contributed by atoms with Crippen LogP contribution < -0.4 is 5.32 Å². The molecule has 0 aromatic carbocycles. The normalized spacial score (nSPS) is 26.7. The zero-order valence-electron chi connectivity index (χ0n) is 11.5. The fourth-order valence-electron chi connectivity index (χ4n) is 3.04. The van der Waals surface area contributed by atoms with Crippen LogP contribution in [0, 0.1) is 6.92 Å². The molecule has 0 saturated carbocycles. The predicted octanol–water partition coefficient (Wildman–Crippen LogP) is 1.80. The van der Waals surface area contributed by atoms with Crippen LogP contribution in [-0.4, -0.2) is 36.6 Å². The molecule has 3 rings (SSSR count). The summed E-state index contributed by atoms with van der Waals surface area (Å²) < 4.78 is 16.7. The first kappa shape index (κ1) is 13.1. The lowest BCUT2D eigenvalue weighted by molar-refractivity contribution is -0.140. The molecule has 1 unspecified atom stereocenters. The Bertz CT molecular complexity index is 407. The third-order valence-electron chi connectivity index (χ3n) is 4.14. The molecule has 1 aromatic rings. The standard InChI is InChI=1S/C14H22N2O3/c1-11-8-13(19-16-11)10-15-12-2-5-18-14(9-12)3-6-17-7-4-14/h8,12,15H,2-7,9-10H2,1H3. The number of aromatic nitrogens is 1. The fourth-order valence-corrected chi connectivity index (χ4v) is 3.04. The minimum Gasteiger partial charge on any atom is -0.381 e. The van der Waals surface area contributed by atoms with E-state index >= 15 is 0 Å². The van der Waals surface area contributed by atoms with Gasteiger partial charge >= 0.3 is 0 Å². The van der Waals surface area contributed by atoms with Crippen LogP contribution in [-0.2, 0) is 16.0 Å². The lowest BCUT2D eigenvalue weighted by Gasteiger charge is -2.43. The Kier molecular flexibility index (Phi) is 3.86. The van der Waals surface area contributed by atoms with E-state index in [2.05, 4.69) is 10.5 Å². The molecule has 2 aliphatic heterocycles. The van der Waals surface area contributed by atoms with Gasteiger partial charge in [-0.3, -0.25) is 0 Å². The van der Waals surface area contributed by atoms with Crippen LogP contribution in [0.1, 0.15) is 37.1 Å². The van der Waals surface area contributed by atoms with Crippen molar-refractivity contribution in [3.63, 3.8) is 0 Å². The van der Waals surface area contributed by atoms with Gasteiger partial charge in [-0.15, -0.1) is 0 Å². The SMILES string of the molecule is Cc1cc(CNC2CCOC3(CCOCC3)C2)on1. The molecule has 2 fully saturated rings. The highest BCUT2D eigenvalue weighted by atomic mass is 16.5. The highest BCUT2D eigenvalue weighted by Gasteiger charge is 2.38. The molecule has 5 nitrogen and oxygen atoms in total. The Morgan fingerprint density at radius 3 is 2.95 bits per heavy atom. The number of aryl methyl sites for hydroxylation is 1. The minimum absolute atomic E-state index is 0.0471. The van der Waals surface area contributed by atoms with Gasteiger partial charge in [0.25, 0.3) is 0 Å². The summed E-state index contributed by atoms with van der Waals surface area (Å²) in [5, 5.41) is 7.48. The van der Waals surface area contributed by atoms with Gasteiger partial charge in [-0.1, -0.05) is 5.16 Å². The highest BCUT2D eigenvalue weighted by molar-refractivity contribution is 5.03. The quantitative estimate of drug-likeness (QED) is 0.904. The van der Waals surface area contributed by atoms with Crippen molar-refractivity contribution in [2.45, 2.75) is 50.8 Å². The van der Waals surface area contributed by atoms with Gasteiger partial charge in [-0.2, -0.15) is 0 Å². The summed E-state index contributed by atoms with van der Waals surface area (Å²) in [6.07, 6.45) is 4.18. The van der Waals surface area contributed by atoms with Gasteiger partial charge in [-0.05, 0) is 32.6 Å².